The van der Waals surface area contributed by atoms with Gasteiger partial charge in [-0.3, -0.25) is 9.35 Å². The number of hydrogen-bond donors (Lipinski definition) is 3. The standard InChI is InChI=1S/C9H11NO6S/c10-7(9(11)12)5-6-3-1-2-4-8(6)16-17(13,14)15/h1-4,7H,5,10H2,(H,11,12)(H,13,14,15). The number of benzene rings is 1. The van der Waals surface area contributed by atoms with Gasteiger partial charge in [0.2, 0.25) is 0 Å². The zero-order valence-electron chi connectivity index (χ0n) is 8.61. The lowest BCUT2D eigenvalue weighted by atomic mass is 10.1. The molecule has 0 fully saturated rings. The van der Waals surface area contributed by atoms with E-state index < -0.39 is 22.4 Å². The lowest BCUT2D eigenvalue weighted by molar-refractivity contribution is -0.138. The second-order valence-corrected chi connectivity index (χ2v) is 4.29. The number of carboxylic acids is 1. The largest absolute Gasteiger partial charge is 0.480 e. The molecule has 0 amide bonds. The molecular formula is C9H11NO6S. The van der Waals surface area contributed by atoms with Crippen LogP contribution >= 0.6 is 0 Å². The Hall–Kier alpha value is -1.64. The minimum Gasteiger partial charge on any atom is -0.480 e. The monoisotopic (exact) mass is 261 g/mol. The van der Waals surface area contributed by atoms with Gasteiger partial charge in [-0.25, -0.2) is 0 Å². The maximum atomic E-state index is 10.6. The van der Waals surface area contributed by atoms with Crippen molar-refractivity contribution in [2.45, 2.75) is 12.5 Å². The minimum absolute atomic E-state index is 0.110. The summed E-state index contributed by atoms with van der Waals surface area (Å²) in [5, 5.41) is 8.63. The van der Waals surface area contributed by atoms with Gasteiger partial charge in [-0.1, -0.05) is 18.2 Å². The number of hydrogen-bond acceptors (Lipinski definition) is 5. The number of para-hydroxylation sites is 1. The van der Waals surface area contributed by atoms with Crippen molar-refractivity contribution in [1.82, 2.24) is 0 Å². The molecule has 0 radical (unpaired) electrons. The van der Waals surface area contributed by atoms with Crippen LogP contribution in [0.2, 0.25) is 0 Å². The quantitative estimate of drug-likeness (QED) is 0.627. The summed E-state index contributed by atoms with van der Waals surface area (Å²) in [5.74, 6) is -1.36. The first kappa shape index (κ1) is 13.4. The van der Waals surface area contributed by atoms with Crippen LogP contribution in [0.25, 0.3) is 0 Å². The van der Waals surface area contributed by atoms with Gasteiger partial charge >= 0.3 is 16.4 Å². The fraction of sp³-hybridized carbons (Fsp3) is 0.222. The third-order valence-corrected chi connectivity index (χ3v) is 2.31. The molecular weight excluding hydrogens is 250 g/mol. The molecule has 1 rings (SSSR count). The second kappa shape index (κ2) is 5.13. The van der Waals surface area contributed by atoms with E-state index in [2.05, 4.69) is 4.18 Å². The van der Waals surface area contributed by atoms with Crippen LogP contribution in [-0.2, 0) is 21.6 Å². The van der Waals surface area contributed by atoms with Crippen LogP contribution in [0.4, 0.5) is 0 Å². The molecule has 94 valence electrons. The molecule has 8 heteroatoms. The van der Waals surface area contributed by atoms with E-state index in [-0.39, 0.29) is 17.7 Å². The highest BCUT2D eigenvalue weighted by molar-refractivity contribution is 7.81. The number of nitrogens with two attached hydrogens (primary N) is 1. The number of aliphatic carboxylic acids is 1. The molecule has 17 heavy (non-hydrogen) atoms. The highest BCUT2D eigenvalue weighted by atomic mass is 32.3. The highest BCUT2D eigenvalue weighted by Crippen LogP contribution is 2.20. The fourth-order valence-corrected chi connectivity index (χ4v) is 1.58. The summed E-state index contributed by atoms with van der Waals surface area (Å²) < 4.78 is 34.0. The molecule has 0 bridgehead atoms. The summed E-state index contributed by atoms with van der Waals surface area (Å²) in [6.45, 7) is 0. The number of carbonyl (C=O) groups is 1. The van der Waals surface area contributed by atoms with Crippen LogP contribution in [0, 0.1) is 0 Å². The topological polar surface area (TPSA) is 127 Å². The molecule has 0 aliphatic heterocycles. The van der Waals surface area contributed by atoms with Gasteiger partial charge in [0, 0.05) is 6.42 Å². The van der Waals surface area contributed by atoms with E-state index in [1.807, 2.05) is 0 Å². The number of carboxylic acid groups (broad SMARTS) is 1. The smallest absolute Gasteiger partial charge is 0.446 e. The van der Waals surface area contributed by atoms with Gasteiger partial charge in [0.25, 0.3) is 0 Å². The third kappa shape index (κ3) is 4.39. The Balaban J connectivity index is 2.96. The molecule has 0 aromatic heterocycles. The predicted molar refractivity (Wildman–Crippen MR) is 57.9 cm³/mol. The lowest BCUT2D eigenvalue weighted by Gasteiger charge is -2.10. The van der Waals surface area contributed by atoms with Crippen LogP contribution < -0.4 is 9.92 Å². The molecule has 0 spiro atoms. The van der Waals surface area contributed by atoms with E-state index in [0.717, 1.165) is 0 Å². The highest BCUT2D eigenvalue weighted by Gasteiger charge is 2.17. The zero-order valence-corrected chi connectivity index (χ0v) is 9.42. The van der Waals surface area contributed by atoms with Crippen molar-refractivity contribution in [2.24, 2.45) is 5.73 Å². The SMILES string of the molecule is NC(Cc1ccccc1OS(=O)(=O)O)C(=O)O. The maximum absolute atomic E-state index is 10.6. The normalized spacial score (nSPS) is 13.1. The van der Waals surface area contributed by atoms with Crippen molar-refractivity contribution in [3.63, 3.8) is 0 Å². The van der Waals surface area contributed by atoms with E-state index in [0.29, 0.717) is 0 Å². The van der Waals surface area contributed by atoms with E-state index in [1.165, 1.54) is 18.2 Å². The van der Waals surface area contributed by atoms with Crippen LogP contribution in [0.1, 0.15) is 5.56 Å². The van der Waals surface area contributed by atoms with Gasteiger partial charge in [-0.05, 0) is 11.6 Å². The molecule has 1 aromatic rings. The van der Waals surface area contributed by atoms with E-state index in [4.69, 9.17) is 15.4 Å². The molecule has 7 nitrogen and oxygen atoms in total. The summed E-state index contributed by atoms with van der Waals surface area (Å²) in [6.07, 6.45) is -0.110. The van der Waals surface area contributed by atoms with Crippen molar-refractivity contribution in [3.8, 4) is 5.75 Å². The van der Waals surface area contributed by atoms with Crippen LogP contribution in [0.15, 0.2) is 24.3 Å². The summed E-state index contributed by atoms with van der Waals surface area (Å²) in [6, 6.07) is 4.62. The zero-order chi connectivity index (χ0) is 13.1. The third-order valence-electron chi connectivity index (χ3n) is 1.92. The van der Waals surface area contributed by atoms with Gasteiger partial charge in [0.05, 0.1) is 0 Å². The molecule has 0 aliphatic rings. The van der Waals surface area contributed by atoms with Crippen LogP contribution in [-0.4, -0.2) is 30.1 Å². The van der Waals surface area contributed by atoms with E-state index in [9.17, 15) is 13.2 Å². The summed E-state index contributed by atoms with van der Waals surface area (Å²) in [5.41, 5.74) is 5.59. The Labute approximate surface area is 97.8 Å². The van der Waals surface area contributed by atoms with E-state index in [1.54, 1.807) is 6.07 Å². The Morgan fingerprint density at radius 3 is 2.53 bits per heavy atom. The molecule has 1 unspecified atom stereocenters. The molecule has 0 heterocycles. The van der Waals surface area contributed by atoms with Gasteiger partial charge in [0.1, 0.15) is 11.8 Å². The Morgan fingerprint density at radius 2 is 2.00 bits per heavy atom. The molecule has 0 saturated heterocycles. The Morgan fingerprint density at radius 1 is 1.41 bits per heavy atom. The molecule has 0 aliphatic carbocycles. The van der Waals surface area contributed by atoms with Crippen molar-refractivity contribution < 1.29 is 27.1 Å². The molecule has 0 saturated carbocycles. The number of rotatable bonds is 5. The lowest BCUT2D eigenvalue weighted by Crippen LogP contribution is -2.32. The first-order valence-electron chi connectivity index (χ1n) is 4.53. The average molecular weight is 261 g/mol. The van der Waals surface area contributed by atoms with Crippen LogP contribution in [0.3, 0.4) is 0 Å². The second-order valence-electron chi connectivity index (χ2n) is 3.27. The van der Waals surface area contributed by atoms with Gasteiger partial charge in [-0.15, -0.1) is 0 Å². The summed E-state index contributed by atoms with van der Waals surface area (Å²) in [7, 11) is -4.64. The average Bonchev–Trinajstić information content (AvgIpc) is 2.18. The fourth-order valence-electron chi connectivity index (χ4n) is 1.19. The minimum atomic E-state index is -4.64. The molecule has 4 N–H and O–H groups in total. The van der Waals surface area contributed by atoms with Crippen molar-refractivity contribution in [1.29, 1.82) is 0 Å². The summed E-state index contributed by atoms with van der Waals surface area (Å²) >= 11 is 0. The maximum Gasteiger partial charge on any atom is 0.446 e. The van der Waals surface area contributed by atoms with Crippen LogP contribution in [0.5, 0.6) is 5.75 Å². The van der Waals surface area contributed by atoms with Crippen molar-refractivity contribution in [3.05, 3.63) is 29.8 Å². The first-order valence-corrected chi connectivity index (χ1v) is 5.89. The first-order chi connectivity index (χ1) is 7.79. The van der Waals surface area contributed by atoms with Crippen molar-refractivity contribution in [2.75, 3.05) is 0 Å². The van der Waals surface area contributed by atoms with E-state index >= 15 is 0 Å². The van der Waals surface area contributed by atoms with Gasteiger partial charge in [-0.2, -0.15) is 8.42 Å². The van der Waals surface area contributed by atoms with Crippen molar-refractivity contribution >= 4 is 16.4 Å². The Kier molecular flexibility index (Phi) is 4.05. The van der Waals surface area contributed by atoms with Gasteiger partial charge in [0.15, 0.2) is 0 Å². The Bertz CT molecular complexity index is 512. The molecule has 1 aromatic carbocycles. The summed E-state index contributed by atoms with van der Waals surface area (Å²) in [4.78, 5) is 10.6. The molecule has 1 atom stereocenters. The predicted octanol–water partition coefficient (Wildman–Crippen LogP) is -0.177. The van der Waals surface area contributed by atoms with Gasteiger partial charge < -0.3 is 15.0 Å².